The molecule has 0 heterocycles. The quantitative estimate of drug-likeness (QED) is 0.206. The van der Waals surface area contributed by atoms with Gasteiger partial charge in [0.15, 0.2) is 0 Å². The van der Waals surface area contributed by atoms with E-state index in [-0.39, 0.29) is 18.0 Å². The number of esters is 1. The molecule has 0 amide bonds. The zero-order valence-electron chi connectivity index (χ0n) is 15.2. The lowest BCUT2D eigenvalue weighted by molar-refractivity contribution is -0.134. The van der Waals surface area contributed by atoms with Gasteiger partial charge in [-0.05, 0) is 33.8 Å². The first-order valence-electron chi connectivity index (χ1n) is 7.94. The second-order valence-electron chi connectivity index (χ2n) is 5.63. The van der Waals surface area contributed by atoms with Crippen molar-refractivity contribution in [1.82, 2.24) is 0 Å². The van der Waals surface area contributed by atoms with Crippen LogP contribution in [-0.4, -0.2) is 25.3 Å². The summed E-state index contributed by atoms with van der Waals surface area (Å²) in [5.41, 5.74) is 0.664. The second-order valence-corrected chi connectivity index (χ2v) is 7.12. The fraction of sp³-hybridized carbons (Fsp3) is 0.389. The number of hydrogen-bond donors (Lipinski definition) is 0. The van der Waals surface area contributed by atoms with Crippen molar-refractivity contribution in [1.29, 1.82) is 0 Å². The number of methoxy groups -OCH3 is 1. The van der Waals surface area contributed by atoms with Gasteiger partial charge in [-0.25, -0.2) is 9.36 Å². The molecule has 0 unspecified atom stereocenters. The minimum Gasteiger partial charge on any atom is -0.466 e. The number of carbonyl (C=O) groups is 1. The van der Waals surface area contributed by atoms with E-state index in [2.05, 4.69) is 4.74 Å². The number of phosphoric acid groups is 1. The van der Waals surface area contributed by atoms with Crippen LogP contribution in [0.1, 0.15) is 33.3 Å². The highest BCUT2D eigenvalue weighted by Crippen LogP contribution is 2.54. The molecule has 0 aromatic heterocycles. The van der Waals surface area contributed by atoms with Gasteiger partial charge in [0.2, 0.25) is 0 Å². The fourth-order valence-electron chi connectivity index (χ4n) is 1.77. The molecular formula is C18H25O6P. The first-order valence-corrected chi connectivity index (χ1v) is 9.40. The first-order chi connectivity index (χ1) is 11.8. The van der Waals surface area contributed by atoms with E-state index >= 15 is 0 Å². The fourth-order valence-corrected chi connectivity index (χ4v) is 3.34. The molecule has 0 radical (unpaired) electrons. The molecule has 0 fully saturated rings. The van der Waals surface area contributed by atoms with Crippen molar-refractivity contribution in [3.8, 4) is 0 Å². The topological polar surface area (TPSA) is 71.1 Å². The molecule has 0 aliphatic carbocycles. The van der Waals surface area contributed by atoms with Crippen molar-refractivity contribution in [2.24, 2.45) is 0 Å². The monoisotopic (exact) mass is 368 g/mol. The van der Waals surface area contributed by atoms with Crippen LogP contribution in [0.3, 0.4) is 0 Å². The largest absolute Gasteiger partial charge is 0.530 e. The van der Waals surface area contributed by atoms with E-state index in [1.807, 2.05) is 18.2 Å². The van der Waals surface area contributed by atoms with Crippen LogP contribution >= 0.6 is 7.82 Å². The van der Waals surface area contributed by atoms with Gasteiger partial charge in [-0.3, -0.25) is 9.05 Å². The van der Waals surface area contributed by atoms with Gasteiger partial charge in [0, 0.05) is 11.6 Å². The Balaban J connectivity index is 3.17. The highest BCUT2D eigenvalue weighted by atomic mass is 31.2. The Morgan fingerprint density at radius 3 is 2.08 bits per heavy atom. The van der Waals surface area contributed by atoms with E-state index < -0.39 is 13.8 Å². The van der Waals surface area contributed by atoms with Crippen LogP contribution in [0.2, 0.25) is 0 Å². The van der Waals surface area contributed by atoms with E-state index in [0.29, 0.717) is 5.56 Å². The minimum absolute atomic E-state index is 0.255. The van der Waals surface area contributed by atoms with Crippen LogP contribution in [0.15, 0.2) is 48.6 Å². The number of benzene rings is 1. The minimum atomic E-state index is -3.84. The molecule has 0 N–H and O–H groups in total. The third kappa shape index (κ3) is 8.16. The first kappa shape index (κ1) is 21.2. The molecule has 1 rings (SSSR count). The zero-order chi connectivity index (χ0) is 18.9. The standard InChI is InChI=1S/C18H25O6P/c1-14(2)22-25(20,23-15(3)4)24-17(12-9-13-18(19)21-5)16-10-7-6-8-11-16/h6-15H,1-5H3/b13-9+,17-12-. The van der Waals surface area contributed by atoms with Crippen molar-refractivity contribution in [2.45, 2.75) is 39.9 Å². The van der Waals surface area contributed by atoms with Gasteiger partial charge < -0.3 is 9.26 Å². The van der Waals surface area contributed by atoms with Crippen LogP contribution < -0.4 is 0 Å². The lowest BCUT2D eigenvalue weighted by Gasteiger charge is -2.23. The molecule has 0 saturated carbocycles. The van der Waals surface area contributed by atoms with E-state index in [4.69, 9.17) is 13.6 Å². The molecular weight excluding hydrogens is 343 g/mol. The number of rotatable bonds is 9. The average molecular weight is 368 g/mol. The molecule has 0 atom stereocenters. The summed E-state index contributed by atoms with van der Waals surface area (Å²) in [4.78, 5) is 11.2. The van der Waals surface area contributed by atoms with Crippen molar-refractivity contribution in [2.75, 3.05) is 7.11 Å². The number of hydrogen-bond acceptors (Lipinski definition) is 6. The maximum Gasteiger partial charge on any atom is 0.530 e. The molecule has 0 aliphatic heterocycles. The highest BCUT2D eigenvalue weighted by molar-refractivity contribution is 7.48. The SMILES string of the molecule is COC(=O)/C=C/C=C(\OP(=O)(OC(C)C)OC(C)C)c1ccccc1. The highest BCUT2D eigenvalue weighted by Gasteiger charge is 2.32. The van der Waals surface area contributed by atoms with Gasteiger partial charge in [-0.1, -0.05) is 36.4 Å². The van der Waals surface area contributed by atoms with Gasteiger partial charge in [-0.15, -0.1) is 0 Å². The summed E-state index contributed by atoms with van der Waals surface area (Å²) in [5, 5.41) is 0. The molecule has 138 valence electrons. The summed E-state index contributed by atoms with van der Waals surface area (Å²) in [5.74, 6) is -0.255. The van der Waals surface area contributed by atoms with Gasteiger partial charge in [-0.2, -0.15) is 0 Å². The van der Waals surface area contributed by atoms with E-state index in [1.165, 1.54) is 25.3 Å². The van der Waals surface area contributed by atoms with Crippen molar-refractivity contribution in [3.05, 3.63) is 54.1 Å². The van der Waals surface area contributed by atoms with Crippen LogP contribution in [0.5, 0.6) is 0 Å². The molecule has 7 heteroatoms. The number of ether oxygens (including phenoxy) is 1. The van der Waals surface area contributed by atoms with Crippen LogP contribution in [-0.2, 0) is 27.7 Å². The normalized spacial score (nSPS) is 12.8. The summed E-state index contributed by atoms with van der Waals surface area (Å²) in [6, 6.07) is 9.04. The Bertz CT molecular complexity index is 635. The van der Waals surface area contributed by atoms with Gasteiger partial charge >= 0.3 is 13.8 Å². The lowest BCUT2D eigenvalue weighted by atomic mass is 10.2. The second kappa shape index (κ2) is 10.2. The molecule has 25 heavy (non-hydrogen) atoms. The average Bonchev–Trinajstić information content (AvgIpc) is 2.52. The third-order valence-electron chi connectivity index (χ3n) is 2.63. The predicted molar refractivity (Wildman–Crippen MR) is 96.7 cm³/mol. The third-order valence-corrected chi connectivity index (χ3v) is 4.41. The summed E-state index contributed by atoms with van der Waals surface area (Å²) in [6.07, 6.45) is 3.47. The zero-order valence-corrected chi connectivity index (χ0v) is 16.1. The van der Waals surface area contributed by atoms with Gasteiger partial charge in [0.25, 0.3) is 0 Å². The number of allylic oxidation sites excluding steroid dienone is 2. The predicted octanol–water partition coefficient (Wildman–Crippen LogP) is 4.73. The molecule has 1 aromatic carbocycles. The van der Waals surface area contributed by atoms with Crippen molar-refractivity contribution < 1.29 is 27.7 Å². The maximum atomic E-state index is 12.9. The van der Waals surface area contributed by atoms with Crippen LogP contribution in [0, 0.1) is 0 Å². The Labute approximate surface area is 149 Å². The number of carbonyl (C=O) groups excluding carboxylic acids is 1. The Hall–Kier alpha value is -1.88. The molecule has 1 aromatic rings. The molecule has 6 nitrogen and oxygen atoms in total. The van der Waals surface area contributed by atoms with E-state index in [9.17, 15) is 9.36 Å². The molecule has 0 saturated heterocycles. The number of phosphoric ester groups is 1. The van der Waals surface area contributed by atoms with Crippen LogP contribution in [0.25, 0.3) is 5.76 Å². The Morgan fingerprint density at radius 2 is 1.60 bits per heavy atom. The van der Waals surface area contributed by atoms with Crippen molar-refractivity contribution in [3.63, 3.8) is 0 Å². The Kier molecular flexibility index (Phi) is 8.62. The van der Waals surface area contributed by atoms with Gasteiger partial charge in [0.1, 0.15) is 5.76 Å². The van der Waals surface area contributed by atoms with Crippen molar-refractivity contribution >= 4 is 19.6 Å². The maximum absolute atomic E-state index is 12.9. The summed E-state index contributed by atoms with van der Waals surface area (Å²) >= 11 is 0. The summed E-state index contributed by atoms with van der Waals surface area (Å²) < 4.78 is 33.9. The van der Waals surface area contributed by atoms with E-state index in [0.717, 1.165) is 0 Å². The van der Waals surface area contributed by atoms with Crippen LogP contribution in [0.4, 0.5) is 0 Å². The smallest absolute Gasteiger partial charge is 0.466 e. The summed E-state index contributed by atoms with van der Waals surface area (Å²) in [6.45, 7) is 6.96. The Morgan fingerprint density at radius 1 is 1.04 bits per heavy atom. The molecule has 0 aliphatic rings. The lowest BCUT2D eigenvalue weighted by Crippen LogP contribution is -2.10. The van der Waals surface area contributed by atoms with E-state index in [1.54, 1.807) is 39.8 Å². The molecule has 0 bridgehead atoms. The summed E-state index contributed by atoms with van der Waals surface area (Å²) in [7, 11) is -2.56. The van der Waals surface area contributed by atoms with Gasteiger partial charge in [0.05, 0.1) is 19.3 Å². The molecule has 0 spiro atoms.